The van der Waals surface area contributed by atoms with Crippen LogP contribution in [-0.4, -0.2) is 35.2 Å². The standard InChI is InChI=1S/C19H20N2O7/c22-12-2-1-11-20-18(23)13-14-3-7-16(8-4-14)27-19(24)28-17-9-5-15(6-10-17)21(25)26/h3-10,22H,1-2,11-13H2,(H,20,23). The van der Waals surface area contributed by atoms with Gasteiger partial charge in [-0.3, -0.25) is 14.9 Å². The largest absolute Gasteiger partial charge is 0.519 e. The minimum absolute atomic E-state index is 0.101. The molecule has 148 valence electrons. The highest BCUT2D eigenvalue weighted by Gasteiger charge is 2.11. The lowest BCUT2D eigenvalue weighted by atomic mass is 10.1. The number of rotatable bonds is 9. The Morgan fingerprint density at radius 2 is 1.54 bits per heavy atom. The fourth-order valence-electron chi connectivity index (χ4n) is 2.24. The van der Waals surface area contributed by atoms with Gasteiger partial charge in [0.2, 0.25) is 5.91 Å². The van der Waals surface area contributed by atoms with Crippen molar-refractivity contribution in [2.24, 2.45) is 0 Å². The van der Waals surface area contributed by atoms with Crippen molar-refractivity contribution in [3.63, 3.8) is 0 Å². The van der Waals surface area contributed by atoms with Crippen LogP contribution in [0.3, 0.4) is 0 Å². The number of hydrogen-bond acceptors (Lipinski definition) is 7. The normalized spacial score (nSPS) is 10.2. The minimum atomic E-state index is -0.983. The van der Waals surface area contributed by atoms with E-state index in [1.165, 1.54) is 36.4 Å². The summed E-state index contributed by atoms with van der Waals surface area (Å²) in [5.41, 5.74) is 0.629. The van der Waals surface area contributed by atoms with Gasteiger partial charge < -0.3 is 19.9 Å². The van der Waals surface area contributed by atoms with Gasteiger partial charge in [0.05, 0.1) is 11.3 Å². The second kappa shape index (κ2) is 10.6. The van der Waals surface area contributed by atoms with Crippen LogP contribution in [0.1, 0.15) is 18.4 Å². The first kappa shape index (κ1) is 20.8. The molecule has 28 heavy (non-hydrogen) atoms. The first-order valence-corrected chi connectivity index (χ1v) is 8.58. The molecule has 0 spiro atoms. The number of carbonyl (C=O) groups is 2. The van der Waals surface area contributed by atoms with E-state index in [-0.39, 0.29) is 36.1 Å². The molecule has 9 nitrogen and oxygen atoms in total. The third-order valence-electron chi connectivity index (χ3n) is 3.65. The summed E-state index contributed by atoms with van der Waals surface area (Å²) in [6.07, 6.45) is 0.559. The van der Waals surface area contributed by atoms with Crippen LogP contribution in [0.2, 0.25) is 0 Å². The molecule has 0 saturated heterocycles. The zero-order valence-corrected chi connectivity index (χ0v) is 15.0. The smallest absolute Gasteiger partial charge is 0.396 e. The molecule has 0 unspecified atom stereocenters. The number of aliphatic hydroxyl groups excluding tert-OH is 1. The van der Waals surface area contributed by atoms with Crippen molar-refractivity contribution in [1.29, 1.82) is 0 Å². The number of aliphatic hydroxyl groups is 1. The molecule has 0 aliphatic carbocycles. The zero-order chi connectivity index (χ0) is 20.4. The van der Waals surface area contributed by atoms with Crippen molar-refractivity contribution in [3.05, 3.63) is 64.2 Å². The predicted octanol–water partition coefficient (Wildman–Crippen LogP) is 2.60. The quantitative estimate of drug-likeness (QED) is 0.222. The first-order chi connectivity index (χ1) is 13.5. The molecular weight excluding hydrogens is 368 g/mol. The summed E-state index contributed by atoms with van der Waals surface area (Å²) in [4.78, 5) is 33.6. The number of nitro groups is 1. The van der Waals surface area contributed by atoms with Crippen LogP contribution in [0.5, 0.6) is 11.5 Å². The van der Waals surface area contributed by atoms with Gasteiger partial charge in [0.1, 0.15) is 11.5 Å². The number of nitro benzene ring substituents is 1. The Hall–Kier alpha value is -3.46. The molecular formula is C19H20N2O7. The molecule has 1 amide bonds. The summed E-state index contributed by atoms with van der Waals surface area (Å²) in [5, 5.41) is 22.0. The van der Waals surface area contributed by atoms with Crippen LogP contribution in [0, 0.1) is 10.1 Å². The lowest BCUT2D eigenvalue weighted by Gasteiger charge is -2.07. The number of benzene rings is 2. The second-order valence-electron chi connectivity index (χ2n) is 5.81. The molecule has 0 radical (unpaired) electrons. The van der Waals surface area contributed by atoms with Gasteiger partial charge in [-0.25, -0.2) is 4.79 Å². The molecule has 2 aromatic carbocycles. The van der Waals surface area contributed by atoms with Crippen LogP contribution in [-0.2, 0) is 11.2 Å². The third kappa shape index (κ3) is 7.04. The molecule has 0 heterocycles. The Balaban J connectivity index is 1.80. The van der Waals surface area contributed by atoms with Crippen LogP contribution in [0.15, 0.2) is 48.5 Å². The maximum atomic E-state index is 11.8. The number of non-ortho nitro benzene ring substituents is 1. The van der Waals surface area contributed by atoms with Gasteiger partial charge in [0.15, 0.2) is 0 Å². The summed E-state index contributed by atoms with van der Waals surface area (Å²) in [7, 11) is 0. The average molecular weight is 388 g/mol. The summed E-state index contributed by atoms with van der Waals surface area (Å²) in [5.74, 6) is 0.216. The number of carbonyl (C=O) groups excluding carboxylic acids is 2. The van der Waals surface area contributed by atoms with Crippen molar-refractivity contribution in [3.8, 4) is 11.5 Å². The molecule has 2 rings (SSSR count). The molecule has 0 aliphatic heterocycles. The number of nitrogens with zero attached hydrogens (tertiary/aromatic N) is 1. The van der Waals surface area contributed by atoms with E-state index in [0.717, 1.165) is 5.56 Å². The van der Waals surface area contributed by atoms with E-state index in [4.69, 9.17) is 14.6 Å². The second-order valence-corrected chi connectivity index (χ2v) is 5.81. The Morgan fingerprint density at radius 3 is 2.07 bits per heavy atom. The fraction of sp³-hybridized carbons (Fsp3) is 0.263. The molecule has 2 N–H and O–H groups in total. The Bertz CT molecular complexity index is 804. The lowest BCUT2D eigenvalue weighted by Crippen LogP contribution is -2.26. The molecule has 0 bridgehead atoms. The fourth-order valence-corrected chi connectivity index (χ4v) is 2.24. The van der Waals surface area contributed by atoms with Crippen LogP contribution in [0.25, 0.3) is 0 Å². The summed E-state index contributed by atoms with van der Waals surface area (Å²) in [6, 6.07) is 11.4. The van der Waals surface area contributed by atoms with E-state index in [1.807, 2.05) is 0 Å². The van der Waals surface area contributed by atoms with Gasteiger partial charge in [0.25, 0.3) is 5.69 Å². The van der Waals surface area contributed by atoms with E-state index >= 15 is 0 Å². The summed E-state index contributed by atoms with van der Waals surface area (Å²) in [6.45, 7) is 0.610. The maximum Gasteiger partial charge on any atom is 0.519 e. The SMILES string of the molecule is O=C(Cc1ccc(OC(=O)Oc2ccc([N+](=O)[O-])cc2)cc1)NCCCCO. The van der Waals surface area contributed by atoms with Crippen molar-refractivity contribution < 1.29 is 29.1 Å². The number of ether oxygens (including phenoxy) is 2. The Labute approximate surface area is 161 Å². The topological polar surface area (TPSA) is 128 Å². The van der Waals surface area contributed by atoms with Gasteiger partial charge in [-0.2, -0.15) is 0 Å². The lowest BCUT2D eigenvalue weighted by molar-refractivity contribution is -0.384. The highest BCUT2D eigenvalue weighted by Crippen LogP contribution is 2.19. The Morgan fingerprint density at radius 1 is 0.964 bits per heavy atom. The van der Waals surface area contributed by atoms with E-state index in [2.05, 4.69) is 5.32 Å². The van der Waals surface area contributed by atoms with Crippen molar-refractivity contribution in [2.75, 3.05) is 13.2 Å². The molecule has 2 aromatic rings. The van der Waals surface area contributed by atoms with Gasteiger partial charge in [-0.15, -0.1) is 0 Å². The number of nitrogens with one attached hydrogen (secondary N) is 1. The molecule has 0 saturated carbocycles. The molecule has 0 fully saturated rings. The van der Waals surface area contributed by atoms with E-state index < -0.39 is 11.1 Å². The van der Waals surface area contributed by atoms with E-state index in [0.29, 0.717) is 19.4 Å². The highest BCUT2D eigenvalue weighted by atomic mass is 16.7. The molecule has 0 aliphatic rings. The third-order valence-corrected chi connectivity index (χ3v) is 3.65. The summed E-state index contributed by atoms with van der Waals surface area (Å²) < 4.78 is 9.97. The highest BCUT2D eigenvalue weighted by molar-refractivity contribution is 5.78. The molecule has 0 aromatic heterocycles. The zero-order valence-electron chi connectivity index (χ0n) is 15.0. The first-order valence-electron chi connectivity index (χ1n) is 8.58. The van der Waals surface area contributed by atoms with Crippen LogP contribution >= 0.6 is 0 Å². The maximum absolute atomic E-state index is 11.8. The van der Waals surface area contributed by atoms with Gasteiger partial charge in [0, 0.05) is 25.3 Å². The average Bonchev–Trinajstić information content (AvgIpc) is 2.67. The number of hydrogen-bond donors (Lipinski definition) is 2. The van der Waals surface area contributed by atoms with Gasteiger partial charge in [-0.05, 0) is 42.7 Å². The van der Waals surface area contributed by atoms with Crippen LogP contribution < -0.4 is 14.8 Å². The van der Waals surface area contributed by atoms with Crippen molar-refractivity contribution in [1.82, 2.24) is 5.32 Å². The predicted molar refractivity (Wildman–Crippen MR) is 99.2 cm³/mol. The monoisotopic (exact) mass is 388 g/mol. The van der Waals surface area contributed by atoms with E-state index in [1.54, 1.807) is 12.1 Å². The number of unbranched alkanes of at least 4 members (excludes halogenated alkanes) is 1. The molecule has 9 heteroatoms. The van der Waals surface area contributed by atoms with Crippen LogP contribution in [0.4, 0.5) is 10.5 Å². The number of amides is 1. The van der Waals surface area contributed by atoms with Gasteiger partial charge in [-0.1, -0.05) is 12.1 Å². The van der Waals surface area contributed by atoms with Crippen molar-refractivity contribution in [2.45, 2.75) is 19.3 Å². The Kier molecular flexibility index (Phi) is 7.92. The van der Waals surface area contributed by atoms with Gasteiger partial charge >= 0.3 is 6.16 Å². The van der Waals surface area contributed by atoms with E-state index in [9.17, 15) is 19.7 Å². The molecule has 0 atom stereocenters. The summed E-state index contributed by atoms with van der Waals surface area (Å²) >= 11 is 0. The minimum Gasteiger partial charge on any atom is -0.396 e. The van der Waals surface area contributed by atoms with Crippen molar-refractivity contribution >= 4 is 17.7 Å².